The fourth-order valence-corrected chi connectivity index (χ4v) is 4.59. The largest absolute Gasteiger partial charge is 0.376 e. The van der Waals surface area contributed by atoms with Gasteiger partial charge in [0.25, 0.3) is 5.91 Å². The highest BCUT2D eigenvalue weighted by atomic mass is 16.5. The summed E-state index contributed by atoms with van der Waals surface area (Å²) >= 11 is 0. The van der Waals surface area contributed by atoms with Gasteiger partial charge in [0.15, 0.2) is 0 Å². The Balaban J connectivity index is 1.41. The SMILES string of the molecule is CC(=O)N[C@@H]1C[C@@H]2CN(C(=O)c3ccc(C#N)cc3)C[C@@H]2C[C@H]1OCC1CC1. The van der Waals surface area contributed by atoms with Crippen molar-refractivity contribution in [3.05, 3.63) is 35.4 Å². The third-order valence-corrected chi connectivity index (χ3v) is 6.30. The van der Waals surface area contributed by atoms with Gasteiger partial charge in [-0.1, -0.05) is 0 Å². The van der Waals surface area contributed by atoms with Gasteiger partial charge >= 0.3 is 0 Å². The molecule has 1 heterocycles. The number of nitrogens with zero attached hydrogens (tertiary/aromatic N) is 2. The fraction of sp³-hybridized carbons (Fsp3) is 0.591. The minimum Gasteiger partial charge on any atom is -0.376 e. The lowest BCUT2D eigenvalue weighted by atomic mass is 9.77. The van der Waals surface area contributed by atoms with E-state index in [1.165, 1.54) is 12.8 Å². The van der Waals surface area contributed by atoms with Crippen LogP contribution in [0.25, 0.3) is 0 Å². The molecule has 3 aliphatic rings. The Bertz CT molecular complexity index is 781. The molecule has 1 N–H and O–H groups in total. The van der Waals surface area contributed by atoms with E-state index in [9.17, 15) is 9.59 Å². The Kier molecular flexibility index (Phi) is 5.36. The maximum absolute atomic E-state index is 12.9. The number of amides is 2. The summed E-state index contributed by atoms with van der Waals surface area (Å²) < 4.78 is 6.19. The van der Waals surface area contributed by atoms with Gasteiger partial charge in [-0.25, -0.2) is 0 Å². The van der Waals surface area contributed by atoms with Crippen molar-refractivity contribution in [3.63, 3.8) is 0 Å². The van der Waals surface area contributed by atoms with E-state index < -0.39 is 0 Å². The molecule has 148 valence electrons. The minimum absolute atomic E-state index is 0.0189. The summed E-state index contributed by atoms with van der Waals surface area (Å²) in [6.07, 6.45) is 4.28. The summed E-state index contributed by atoms with van der Waals surface area (Å²) in [7, 11) is 0. The molecule has 4 rings (SSSR count). The zero-order valence-electron chi connectivity index (χ0n) is 16.3. The van der Waals surface area contributed by atoms with Crippen LogP contribution in [0.5, 0.6) is 0 Å². The summed E-state index contributed by atoms with van der Waals surface area (Å²) in [4.78, 5) is 26.5. The molecule has 1 aliphatic heterocycles. The lowest BCUT2D eigenvalue weighted by Crippen LogP contribution is -2.50. The molecule has 6 heteroatoms. The molecule has 0 aromatic heterocycles. The van der Waals surface area contributed by atoms with Crippen LogP contribution in [0.4, 0.5) is 0 Å². The Morgan fingerprint density at radius 1 is 1.18 bits per heavy atom. The predicted octanol–water partition coefficient (Wildman–Crippen LogP) is 2.34. The van der Waals surface area contributed by atoms with Crippen LogP contribution >= 0.6 is 0 Å². The van der Waals surface area contributed by atoms with Gasteiger partial charge in [0.2, 0.25) is 5.91 Å². The van der Waals surface area contributed by atoms with Crippen molar-refractivity contribution in [3.8, 4) is 6.07 Å². The van der Waals surface area contributed by atoms with Crippen LogP contribution < -0.4 is 5.32 Å². The number of hydrogen-bond acceptors (Lipinski definition) is 4. The number of fused-ring (bicyclic) bond motifs is 1. The summed E-state index contributed by atoms with van der Waals surface area (Å²) in [6.45, 7) is 3.79. The van der Waals surface area contributed by atoms with Crippen LogP contribution in [-0.4, -0.2) is 48.6 Å². The molecule has 0 unspecified atom stereocenters. The predicted molar refractivity (Wildman–Crippen MR) is 103 cm³/mol. The highest BCUT2D eigenvalue weighted by Crippen LogP contribution is 2.39. The van der Waals surface area contributed by atoms with Crippen molar-refractivity contribution in [2.24, 2.45) is 17.8 Å². The number of benzene rings is 1. The van der Waals surface area contributed by atoms with E-state index in [4.69, 9.17) is 10.00 Å². The topological polar surface area (TPSA) is 82.4 Å². The first kappa shape index (κ1) is 18.9. The van der Waals surface area contributed by atoms with Crippen LogP contribution in [0.2, 0.25) is 0 Å². The number of hydrogen-bond donors (Lipinski definition) is 1. The van der Waals surface area contributed by atoms with E-state index in [1.54, 1.807) is 31.2 Å². The first-order chi connectivity index (χ1) is 13.5. The van der Waals surface area contributed by atoms with Crippen LogP contribution in [0, 0.1) is 29.1 Å². The van der Waals surface area contributed by atoms with E-state index in [0.29, 0.717) is 28.9 Å². The lowest BCUT2D eigenvalue weighted by Gasteiger charge is -2.38. The average Bonchev–Trinajstić information content (AvgIpc) is 3.43. The number of nitriles is 1. The second kappa shape index (κ2) is 7.92. The number of carbonyl (C=O) groups is 2. The van der Waals surface area contributed by atoms with E-state index in [2.05, 4.69) is 11.4 Å². The molecule has 6 nitrogen and oxygen atoms in total. The first-order valence-electron chi connectivity index (χ1n) is 10.2. The zero-order valence-corrected chi connectivity index (χ0v) is 16.3. The van der Waals surface area contributed by atoms with E-state index >= 15 is 0 Å². The van der Waals surface area contributed by atoms with Crippen molar-refractivity contribution >= 4 is 11.8 Å². The van der Waals surface area contributed by atoms with E-state index in [-0.39, 0.29) is 24.0 Å². The van der Waals surface area contributed by atoms with Gasteiger partial charge in [-0.05, 0) is 67.7 Å². The Labute approximate surface area is 165 Å². The van der Waals surface area contributed by atoms with Crippen molar-refractivity contribution in [2.45, 2.75) is 44.8 Å². The highest BCUT2D eigenvalue weighted by Gasteiger charge is 2.44. The van der Waals surface area contributed by atoms with Gasteiger partial charge in [-0.15, -0.1) is 0 Å². The van der Waals surface area contributed by atoms with Crippen molar-refractivity contribution in [2.75, 3.05) is 19.7 Å². The Morgan fingerprint density at radius 2 is 1.86 bits per heavy atom. The third kappa shape index (κ3) is 4.20. The Hall–Kier alpha value is -2.39. The zero-order chi connectivity index (χ0) is 19.7. The van der Waals surface area contributed by atoms with Crippen LogP contribution in [-0.2, 0) is 9.53 Å². The molecule has 0 radical (unpaired) electrons. The molecule has 1 aromatic rings. The summed E-state index contributed by atoms with van der Waals surface area (Å²) in [6, 6.07) is 8.93. The molecular weight excluding hydrogens is 354 g/mol. The highest BCUT2D eigenvalue weighted by molar-refractivity contribution is 5.94. The number of likely N-dealkylation sites (tertiary alicyclic amines) is 1. The van der Waals surface area contributed by atoms with Gasteiger partial charge in [0.05, 0.1) is 23.8 Å². The second-order valence-electron chi connectivity index (χ2n) is 8.51. The van der Waals surface area contributed by atoms with Crippen molar-refractivity contribution in [1.29, 1.82) is 5.26 Å². The molecule has 2 amide bonds. The van der Waals surface area contributed by atoms with Gasteiger partial charge in [0.1, 0.15) is 0 Å². The van der Waals surface area contributed by atoms with Crippen molar-refractivity contribution in [1.82, 2.24) is 10.2 Å². The number of nitrogens with one attached hydrogen (secondary N) is 1. The minimum atomic E-state index is -0.0213. The first-order valence-corrected chi connectivity index (χ1v) is 10.2. The Morgan fingerprint density at radius 3 is 2.46 bits per heavy atom. The molecule has 1 saturated heterocycles. The molecular formula is C22H27N3O3. The quantitative estimate of drug-likeness (QED) is 0.849. The van der Waals surface area contributed by atoms with Crippen LogP contribution in [0.1, 0.15) is 48.5 Å². The lowest BCUT2D eigenvalue weighted by molar-refractivity contribution is -0.122. The van der Waals surface area contributed by atoms with Gasteiger partial charge in [0, 0.05) is 32.2 Å². The smallest absolute Gasteiger partial charge is 0.253 e. The monoisotopic (exact) mass is 381 g/mol. The maximum Gasteiger partial charge on any atom is 0.253 e. The molecule has 0 spiro atoms. The molecule has 3 fully saturated rings. The van der Waals surface area contributed by atoms with E-state index in [1.807, 2.05) is 4.90 Å². The van der Waals surface area contributed by atoms with Crippen molar-refractivity contribution < 1.29 is 14.3 Å². The van der Waals surface area contributed by atoms with Crippen LogP contribution in [0.3, 0.4) is 0 Å². The average molecular weight is 381 g/mol. The fourth-order valence-electron chi connectivity index (χ4n) is 4.59. The van der Waals surface area contributed by atoms with Gasteiger partial charge in [-0.3, -0.25) is 9.59 Å². The number of rotatable bonds is 5. The molecule has 1 aromatic carbocycles. The summed E-state index contributed by atoms with van der Waals surface area (Å²) in [5.41, 5.74) is 1.18. The number of carbonyl (C=O) groups excluding carboxylic acids is 2. The van der Waals surface area contributed by atoms with E-state index in [0.717, 1.165) is 32.5 Å². The van der Waals surface area contributed by atoms with Gasteiger partial charge in [-0.2, -0.15) is 5.26 Å². The second-order valence-corrected chi connectivity index (χ2v) is 8.51. The maximum atomic E-state index is 12.9. The van der Waals surface area contributed by atoms with Crippen LogP contribution in [0.15, 0.2) is 24.3 Å². The number of ether oxygens (including phenoxy) is 1. The molecule has 2 saturated carbocycles. The molecule has 4 atom stereocenters. The van der Waals surface area contributed by atoms with Gasteiger partial charge < -0.3 is 15.0 Å². The normalized spacial score (nSPS) is 29.1. The summed E-state index contributed by atoms with van der Waals surface area (Å²) in [5, 5.41) is 12.0. The standard InChI is InChI=1S/C22H27N3O3/c1-14(26)24-20-8-18-11-25(22(27)17-6-4-15(10-23)5-7-17)12-19(18)9-21(20)28-13-16-2-3-16/h4-7,16,18-21H,2-3,8-9,11-13H2,1H3,(H,24,26)/t18-,19+,20-,21-/m1/s1. The molecule has 0 bridgehead atoms. The molecule has 2 aliphatic carbocycles. The summed E-state index contributed by atoms with van der Waals surface area (Å²) in [5.74, 6) is 1.49. The third-order valence-electron chi connectivity index (χ3n) is 6.30. The molecule has 28 heavy (non-hydrogen) atoms.